The van der Waals surface area contributed by atoms with E-state index in [0.29, 0.717) is 0 Å². The van der Waals surface area contributed by atoms with E-state index in [4.69, 9.17) is 0 Å². The van der Waals surface area contributed by atoms with Crippen molar-refractivity contribution in [2.45, 2.75) is 44.7 Å². The lowest BCUT2D eigenvalue weighted by Gasteiger charge is -2.20. The topological polar surface area (TPSA) is 49.4 Å². The minimum Gasteiger partial charge on any atom is -0.299 e. The maximum absolute atomic E-state index is 12.7. The standard InChI is InChI=1S/C10H14F4N2O2/c1-5(2)16-7(17)3-6(8(16)18)15-4-10(13,14)9(11)12/h5-6,9,15H,3-4H2,1-2H3. The van der Waals surface area contributed by atoms with Gasteiger partial charge in [-0.2, -0.15) is 8.78 Å². The van der Waals surface area contributed by atoms with E-state index in [1.807, 2.05) is 5.32 Å². The van der Waals surface area contributed by atoms with E-state index in [1.54, 1.807) is 13.8 Å². The molecule has 1 N–H and O–H groups in total. The highest BCUT2D eigenvalue weighted by Crippen LogP contribution is 2.23. The summed E-state index contributed by atoms with van der Waals surface area (Å²) in [5.41, 5.74) is 0. The smallest absolute Gasteiger partial charge is 0.299 e. The maximum Gasteiger partial charge on any atom is 0.319 e. The molecular weight excluding hydrogens is 256 g/mol. The Hall–Kier alpha value is -1.18. The van der Waals surface area contributed by atoms with Crippen molar-refractivity contribution in [3.8, 4) is 0 Å². The van der Waals surface area contributed by atoms with Crippen molar-refractivity contribution in [3.63, 3.8) is 0 Å². The van der Waals surface area contributed by atoms with Crippen molar-refractivity contribution in [1.29, 1.82) is 0 Å². The van der Waals surface area contributed by atoms with E-state index in [0.717, 1.165) is 4.90 Å². The monoisotopic (exact) mass is 270 g/mol. The summed E-state index contributed by atoms with van der Waals surface area (Å²) in [6, 6.07) is -1.53. The van der Waals surface area contributed by atoms with Crippen LogP contribution in [0, 0.1) is 0 Å². The number of alkyl halides is 4. The molecule has 0 bridgehead atoms. The number of nitrogens with one attached hydrogen (secondary N) is 1. The first kappa shape index (κ1) is 14.9. The fourth-order valence-electron chi connectivity index (χ4n) is 1.69. The summed E-state index contributed by atoms with van der Waals surface area (Å²) in [5.74, 6) is -5.36. The van der Waals surface area contributed by atoms with Crippen molar-refractivity contribution in [2.24, 2.45) is 0 Å². The molecule has 1 saturated heterocycles. The molecule has 1 aliphatic heterocycles. The molecule has 0 saturated carbocycles. The number of rotatable bonds is 5. The third kappa shape index (κ3) is 2.98. The first-order chi connectivity index (χ1) is 8.16. The summed E-state index contributed by atoms with van der Waals surface area (Å²) in [6.07, 6.45) is -4.09. The number of likely N-dealkylation sites (tertiary alicyclic amines) is 1. The predicted molar refractivity (Wildman–Crippen MR) is 54.3 cm³/mol. The van der Waals surface area contributed by atoms with E-state index in [1.165, 1.54) is 0 Å². The molecule has 8 heteroatoms. The molecule has 1 aliphatic rings. The Morgan fingerprint density at radius 3 is 2.33 bits per heavy atom. The van der Waals surface area contributed by atoms with E-state index >= 15 is 0 Å². The number of halogens is 4. The zero-order valence-electron chi connectivity index (χ0n) is 9.92. The lowest BCUT2D eigenvalue weighted by molar-refractivity contribution is -0.141. The highest BCUT2D eigenvalue weighted by Gasteiger charge is 2.44. The zero-order chi connectivity index (χ0) is 14.1. The lowest BCUT2D eigenvalue weighted by atomic mass is 10.2. The van der Waals surface area contributed by atoms with Crippen molar-refractivity contribution < 1.29 is 27.2 Å². The Balaban J connectivity index is 2.61. The molecule has 0 radical (unpaired) electrons. The van der Waals surface area contributed by atoms with Gasteiger partial charge in [0.25, 0.3) is 0 Å². The SMILES string of the molecule is CC(C)N1C(=O)CC(NCC(F)(F)C(F)F)C1=O. The van der Waals surface area contributed by atoms with Gasteiger partial charge in [-0.15, -0.1) is 0 Å². The fraction of sp³-hybridized carbons (Fsp3) is 0.800. The molecule has 104 valence electrons. The van der Waals surface area contributed by atoms with Crippen LogP contribution in [0.5, 0.6) is 0 Å². The Labute approximate surface area is 101 Å². The average molecular weight is 270 g/mol. The summed E-state index contributed by atoms with van der Waals surface area (Å²) >= 11 is 0. The summed E-state index contributed by atoms with van der Waals surface area (Å²) in [4.78, 5) is 24.0. The van der Waals surface area contributed by atoms with Gasteiger partial charge in [-0.25, -0.2) is 8.78 Å². The zero-order valence-corrected chi connectivity index (χ0v) is 9.92. The van der Waals surface area contributed by atoms with Gasteiger partial charge < -0.3 is 0 Å². The highest BCUT2D eigenvalue weighted by atomic mass is 19.3. The average Bonchev–Trinajstić information content (AvgIpc) is 2.50. The predicted octanol–water partition coefficient (Wildman–Crippen LogP) is 1.01. The summed E-state index contributed by atoms with van der Waals surface area (Å²) in [6.45, 7) is 1.87. The molecule has 0 aromatic rings. The molecule has 0 aliphatic carbocycles. The van der Waals surface area contributed by atoms with Gasteiger partial charge in [0.05, 0.1) is 19.0 Å². The Kier molecular flexibility index (Phi) is 4.31. The van der Waals surface area contributed by atoms with Crippen molar-refractivity contribution in [2.75, 3.05) is 6.54 Å². The van der Waals surface area contributed by atoms with Crippen LogP contribution in [-0.4, -0.2) is 47.7 Å². The van der Waals surface area contributed by atoms with Crippen LogP contribution >= 0.6 is 0 Å². The highest BCUT2D eigenvalue weighted by molar-refractivity contribution is 6.05. The molecule has 4 nitrogen and oxygen atoms in total. The lowest BCUT2D eigenvalue weighted by Crippen LogP contribution is -2.47. The molecule has 1 fully saturated rings. The van der Waals surface area contributed by atoms with Gasteiger partial charge in [0.15, 0.2) is 0 Å². The van der Waals surface area contributed by atoms with E-state index in [-0.39, 0.29) is 12.5 Å². The third-order valence-electron chi connectivity index (χ3n) is 2.60. The second kappa shape index (κ2) is 5.21. The van der Waals surface area contributed by atoms with Crippen molar-refractivity contribution >= 4 is 11.8 Å². The Morgan fingerprint density at radius 1 is 1.39 bits per heavy atom. The van der Waals surface area contributed by atoms with Gasteiger partial charge in [0.2, 0.25) is 11.8 Å². The number of carbonyl (C=O) groups excluding carboxylic acids is 2. The quantitative estimate of drug-likeness (QED) is 0.599. The summed E-state index contributed by atoms with van der Waals surface area (Å²) < 4.78 is 49.1. The third-order valence-corrected chi connectivity index (χ3v) is 2.60. The Morgan fingerprint density at radius 2 is 1.94 bits per heavy atom. The van der Waals surface area contributed by atoms with Crippen LogP contribution in [0.3, 0.4) is 0 Å². The van der Waals surface area contributed by atoms with Crippen LogP contribution in [0.1, 0.15) is 20.3 Å². The van der Waals surface area contributed by atoms with Gasteiger partial charge >= 0.3 is 12.3 Å². The van der Waals surface area contributed by atoms with Crippen LogP contribution in [0.25, 0.3) is 0 Å². The second-order valence-corrected chi connectivity index (χ2v) is 4.40. The second-order valence-electron chi connectivity index (χ2n) is 4.40. The van der Waals surface area contributed by atoms with Gasteiger partial charge in [0.1, 0.15) is 0 Å². The molecule has 1 atom stereocenters. The van der Waals surface area contributed by atoms with Gasteiger partial charge in [0, 0.05) is 6.04 Å². The van der Waals surface area contributed by atoms with Gasteiger partial charge in [-0.1, -0.05) is 0 Å². The maximum atomic E-state index is 12.7. The molecule has 1 rings (SSSR count). The number of imide groups is 1. The van der Waals surface area contributed by atoms with Crippen LogP contribution < -0.4 is 5.32 Å². The number of amides is 2. The fourth-order valence-corrected chi connectivity index (χ4v) is 1.69. The molecular formula is C10H14F4N2O2. The van der Waals surface area contributed by atoms with Crippen molar-refractivity contribution in [3.05, 3.63) is 0 Å². The molecule has 2 amide bonds. The van der Waals surface area contributed by atoms with Crippen molar-refractivity contribution in [1.82, 2.24) is 10.2 Å². The normalized spacial score (nSPS) is 21.6. The Bertz CT molecular complexity index is 347. The molecule has 18 heavy (non-hydrogen) atoms. The molecule has 1 heterocycles. The van der Waals surface area contributed by atoms with E-state index < -0.39 is 36.7 Å². The van der Waals surface area contributed by atoms with Gasteiger partial charge in [-0.3, -0.25) is 19.8 Å². The molecule has 0 aromatic heterocycles. The number of hydrogen-bond donors (Lipinski definition) is 1. The van der Waals surface area contributed by atoms with Crippen LogP contribution in [0.4, 0.5) is 17.6 Å². The summed E-state index contributed by atoms with van der Waals surface area (Å²) in [5, 5.41) is 2.03. The first-order valence-corrected chi connectivity index (χ1v) is 5.42. The number of nitrogens with zero attached hydrogens (tertiary/aromatic N) is 1. The van der Waals surface area contributed by atoms with E-state index in [2.05, 4.69) is 0 Å². The van der Waals surface area contributed by atoms with Crippen LogP contribution in [0.2, 0.25) is 0 Å². The first-order valence-electron chi connectivity index (χ1n) is 5.42. The van der Waals surface area contributed by atoms with Crippen LogP contribution in [0.15, 0.2) is 0 Å². The molecule has 0 spiro atoms. The largest absolute Gasteiger partial charge is 0.319 e. The molecule has 1 unspecified atom stereocenters. The van der Waals surface area contributed by atoms with E-state index in [9.17, 15) is 27.2 Å². The minimum atomic E-state index is -4.21. The van der Waals surface area contributed by atoms with Crippen LogP contribution in [-0.2, 0) is 9.59 Å². The summed E-state index contributed by atoms with van der Waals surface area (Å²) in [7, 11) is 0. The minimum absolute atomic E-state index is 0.281. The number of carbonyl (C=O) groups is 2. The van der Waals surface area contributed by atoms with Gasteiger partial charge in [-0.05, 0) is 13.8 Å². The molecule has 0 aromatic carbocycles. The number of hydrogen-bond acceptors (Lipinski definition) is 3.